The fourth-order valence-electron chi connectivity index (χ4n) is 0.584. The molecule has 0 atom stereocenters. The van der Waals surface area contributed by atoms with Gasteiger partial charge >= 0.3 is 0 Å². The van der Waals surface area contributed by atoms with Gasteiger partial charge < -0.3 is 0 Å². The first-order valence-corrected chi connectivity index (χ1v) is 3.47. The first-order chi connectivity index (χ1) is 4.74. The average Bonchev–Trinajstić information content (AvgIpc) is 1.94. The van der Waals surface area contributed by atoms with Gasteiger partial charge in [0.15, 0.2) is 0 Å². The molecule has 1 aromatic rings. The Hall–Kier alpha value is -0.700. The van der Waals surface area contributed by atoms with Crippen LogP contribution in [0.1, 0.15) is 5.56 Å². The molecule has 0 bridgehead atoms. The quantitative estimate of drug-likeness (QED) is 0.638. The van der Waals surface area contributed by atoms with E-state index in [2.05, 4.69) is 27.5 Å². The van der Waals surface area contributed by atoms with Gasteiger partial charge in [-0.15, -0.1) is 0 Å². The van der Waals surface area contributed by atoms with Crippen LogP contribution < -0.4 is 0 Å². The van der Waals surface area contributed by atoms with Crippen LogP contribution in [-0.4, -0.2) is 4.98 Å². The number of nitrogens with zero attached hydrogens (tertiary/aromatic N) is 1. The molecule has 0 radical (unpaired) electrons. The highest BCUT2D eigenvalue weighted by Crippen LogP contribution is 2.12. The molecule has 0 unspecified atom stereocenters. The minimum atomic E-state index is -0.349. The van der Waals surface area contributed by atoms with Gasteiger partial charge in [0, 0.05) is 5.56 Å². The van der Waals surface area contributed by atoms with Crippen molar-refractivity contribution >= 4 is 22.0 Å². The lowest BCUT2D eigenvalue weighted by molar-refractivity contribution is 0.618. The largest absolute Gasteiger partial charge is 0.246 e. The molecule has 0 aliphatic carbocycles. The van der Waals surface area contributed by atoms with Crippen LogP contribution in [0.5, 0.6) is 0 Å². The Balaban J connectivity index is 3.21. The minimum Gasteiger partial charge on any atom is -0.246 e. The summed E-state index contributed by atoms with van der Waals surface area (Å²) in [6, 6.07) is 1.57. The summed E-state index contributed by atoms with van der Waals surface area (Å²) in [5, 5.41) is 0. The van der Waals surface area contributed by atoms with Crippen molar-refractivity contribution in [3.8, 4) is 0 Å². The molecule has 1 rings (SSSR count). The van der Waals surface area contributed by atoms with Gasteiger partial charge in [-0.05, 0) is 22.0 Å². The van der Waals surface area contributed by atoms with E-state index in [9.17, 15) is 4.39 Å². The van der Waals surface area contributed by atoms with Gasteiger partial charge in [0.25, 0.3) is 0 Å². The van der Waals surface area contributed by atoms with E-state index in [1.54, 1.807) is 6.07 Å². The maximum absolute atomic E-state index is 12.6. The number of aromatic nitrogens is 1. The van der Waals surface area contributed by atoms with Crippen LogP contribution in [0.25, 0.3) is 6.08 Å². The van der Waals surface area contributed by atoms with Gasteiger partial charge in [-0.3, -0.25) is 0 Å². The smallest absolute Gasteiger partial charge is 0.148 e. The standard InChI is InChI=1S/C7H5BrFN/c1-2-5-3-7(8)10-4-6(5)9/h2-4H,1H2. The van der Waals surface area contributed by atoms with E-state index in [-0.39, 0.29) is 5.82 Å². The van der Waals surface area contributed by atoms with Gasteiger partial charge in [-0.25, -0.2) is 9.37 Å². The summed E-state index contributed by atoms with van der Waals surface area (Å²) in [6.45, 7) is 3.44. The second-order valence-corrected chi connectivity index (χ2v) is 2.55. The molecule has 0 saturated carbocycles. The second-order valence-electron chi connectivity index (χ2n) is 1.73. The van der Waals surface area contributed by atoms with E-state index < -0.39 is 0 Å². The van der Waals surface area contributed by atoms with Crippen molar-refractivity contribution in [3.63, 3.8) is 0 Å². The predicted molar refractivity (Wildman–Crippen MR) is 42.0 cm³/mol. The third-order valence-corrected chi connectivity index (χ3v) is 1.51. The summed E-state index contributed by atoms with van der Waals surface area (Å²) in [5.41, 5.74) is 0.460. The lowest BCUT2D eigenvalue weighted by Crippen LogP contribution is -1.83. The van der Waals surface area contributed by atoms with Crippen molar-refractivity contribution in [2.24, 2.45) is 0 Å². The molecule has 10 heavy (non-hydrogen) atoms. The highest BCUT2D eigenvalue weighted by Gasteiger charge is 1.97. The van der Waals surface area contributed by atoms with Crippen molar-refractivity contribution in [2.45, 2.75) is 0 Å². The maximum Gasteiger partial charge on any atom is 0.148 e. The molecule has 0 spiro atoms. The van der Waals surface area contributed by atoms with Crippen LogP contribution in [0.15, 0.2) is 23.4 Å². The van der Waals surface area contributed by atoms with Crippen molar-refractivity contribution in [2.75, 3.05) is 0 Å². The Morgan fingerprint density at radius 2 is 2.40 bits per heavy atom. The number of pyridine rings is 1. The molecule has 3 heteroatoms. The molecular formula is C7H5BrFN. The molecule has 1 aromatic heterocycles. The van der Waals surface area contributed by atoms with Crippen LogP contribution >= 0.6 is 15.9 Å². The third-order valence-electron chi connectivity index (χ3n) is 1.07. The fourth-order valence-corrected chi connectivity index (χ4v) is 0.933. The Morgan fingerprint density at radius 1 is 1.70 bits per heavy atom. The van der Waals surface area contributed by atoms with Gasteiger partial charge in [-0.1, -0.05) is 12.7 Å². The summed E-state index contributed by atoms with van der Waals surface area (Å²) in [6.07, 6.45) is 2.60. The molecule has 0 aromatic carbocycles. The SMILES string of the molecule is C=Cc1cc(Br)ncc1F. The normalized spacial score (nSPS) is 9.40. The first-order valence-electron chi connectivity index (χ1n) is 2.67. The van der Waals surface area contributed by atoms with E-state index >= 15 is 0 Å². The highest BCUT2D eigenvalue weighted by molar-refractivity contribution is 9.10. The second kappa shape index (κ2) is 2.92. The number of halogens is 2. The maximum atomic E-state index is 12.6. The van der Waals surface area contributed by atoms with E-state index in [1.807, 2.05) is 0 Å². The molecule has 1 heterocycles. The molecule has 1 nitrogen and oxygen atoms in total. The van der Waals surface area contributed by atoms with Crippen LogP contribution in [0.4, 0.5) is 4.39 Å². The van der Waals surface area contributed by atoms with Gasteiger partial charge in [-0.2, -0.15) is 0 Å². The molecule has 0 saturated heterocycles. The summed E-state index contributed by atoms with van der Waals surface area (Å²) in [4.78, 5) is 3.68. The zero-order valence-corrected chi connectivity index (χ0v) is 6.73. The van der Waals surface area contributed by atoms with Gasteiger partial charge in [0.05, 0.1) is 6.20 Å². The number of hydrogen-bond acceptors (Lipinski definition) is 1. The molecule has 0 aliphatic rings. The molecule has 0 fully saturated rings. The summed E-state index contributed by atoms with van der Waals surface area (Å²) in [7, 11) is 0. The van der Waals surface area contributed by atoms with Gasteiger partial charge in [0.2, 0.25) is 0 Å². The van der Waals surface area contributed by atoms with Gasteiger partial charge in [0.1, 0.15) is 10.4 Å². The van der Waals surface area contributed by atoms with Crippen molar-refractivity contribution < 1.29 is 4.39 Å². The van der Waals surface area contributed by atoms with E-state index in [4.69, 9.17) is 0 Å². The number of hydrogen-bond donors (Lipinski definition) is 0. The van der Waals surface area contributed by atoms with Crippen molar-refractivity contribution in [1.82, 2.24) is 4.98 Å². The fraction of sp³-hybridized carbons (Fsp3) is 0. The molecule has 0 aliphatic heterocycles. The van der Waals surface area contributed by atoms with E-state index in [1.165, 1.54) is 6.08 Å². The molecule has 0 N–H and O–H groups in total. The van der Waals surface area contributed by atoms with Crippen molar-refractivity contribution in [1.29, 1.82) is 0 Å². The minimum absolute atomic E-state index is 0.349. The topological polar surface area (TPSA) is 12.9 Å². The van der Waals surface area contributed by atoms with Crippen LogP contribution in [0, 0.1) is 5.82 Å². The Bertz CT molecular complexity index is 260. The lowest BCUT2D eigenvalue weighted by Gasteiger charge is -1.94. The number of rotatable bonds is 1. The van der Waals surface area contributed by atoms with Crippen LogP contribution in [0.2, 0.25) is 0 Å². The Kier molecular flexibility index (Phi) is 2.17. The monoisotopic (exact) mass is 201 g/mol. The van der Waals surface area contributed by atoms with Crippen LogP contribution in [0.3, 0.4) is 0 Å². The first kappa shape index (κ1) is 7.41. The zero-order valence-electron chi connectivity index (χ0n) is 5.14. The lowest BCUT2D eigenvalue weighted by atomic mass is 10.2. The molecule has 0 amide bonds. The Morgan fingerprint density at radius 3 is 2.90 bits per heavy atom. The summed E-state index contributed by atoms with van der Waals surface area (Å²) in [5.74, 6) is -0.349. The summed E-state index contributed by atoms with van der Waals surface area (Å²) < 4.78 is 13.2. The summed E-state index contributed by atoms with van der Waals surface area (Å²) >= 11 is 3.11. The van der Waals surface area contributed by atoms with E-state index in [0.29, 0.717) is 10.2 Å². The zero-order chi connectivity index (χ0) is 7.56. The predicted octanol–water partition coefficient (Wildman–Crippen LogP) is 2.63. The average molecular weight is 202 g/mol. The van der Waals surface area contributed by atoms with Crippen LogP contribution in [-0.2, 0) is 0 Å². The highest BCUT2D eigenvalue weighted by atomic mass is 79.9. The van der Waals surface area contributed by atoms with Crippen molar-refractivity contribution in [3.05, 3.63) is 34.8 Å². The molecule has 52 valence electrons. The molecular weight excluding hydrogens is 197 g/mol. The van der Waals surface area contributed by atoms with E-state index in [0.717, 1.165) is 6.20 Å². The third kappa shape index (κ3) is 1.42. The Labute approximate surface area is 66.7 Å².